The molecular weight excluding hydrogens is 284 g/mol. The van der Waals surface area contributed by atoms with E-state index in [0.29, 0.717) is 0 Å². The molecule has 21 heavy (non-hydrogen) atoms. The quantitative estimate of drug-likeness (QED) is 0.805. The Balaban J connectivity index is 1.73. The molecule has 1 heterocycles. The number of rotatable bonds is 4. The van der Waals surface area contributed by atoms with Gasteiger partial charge in [0.15, 0.2) is 6.29 Å². The maximum atomic E-state index is 6.03. The van der Waals surface area contributed by atoms with Gasteiger partial charge >= 0.3 is 0 Å². The summed E-state index contributed by atoms with van der Waals surface area (Å²) in [6.07, 6.45) is 4.00. The molecule has 0 unspecified atom stereocenters. The van der Waals surface area contributed by atoms with Crippen molar-refractivity contribution in [1.82, 2.24) is 0 Å². The van der Waals surface area contributed by atoms with Crippen LogP contribution in [0.1, 0.15) is 30.4 Å². The normalized spacial score (nSPS) is 18.4. The van der Waals surface area contributed by atoms with E-state index in [9.17, 15) is 0 Å². The molecule has 0 radical (unpaired) electrons. The average molecular weight is 303 g/mol. The Morgan fingerprint density at radius 3 is 2.62 bits per heavy atom. The fraction of sp³-hybridized carbons (Fsp3) is 0.333. The summed E-state index contributed by atoms with van der Waals surface area (Å²) in [5.41, 5.74) is 2.40. The zero-order valence-electron chi connectivity index (χ0n) is 11.9. The summed E-state index contributed by atoms with van der Waals surface area (Å²) >= 11 is 5.93. The van der Waals surface area contributed by atoms with Gasteiger partial charge in [0.1, 0.15) is 5.75 Å². The third-order valence-electron chi connectivity index (χ3n) is 3.68. The molecular formula is C18H19ClO2. The van der Waals surface area contributed by atoms with E-state index in [0.717, 1.165) is 36.6 Å². The van der Waals surface area contributed by atoms with Crippen molar-refractivity contribution >= 4 is 11.6 Å². The van der Waals surface area contributed by atoms with Crippen LogP contribution in [0.15, 0.2) is 48.5 Å². The Morgan fingerprint density at radius 1 is 1.05 bits per heavy atom. The summed E-state index contributed by atoms with van der Waals surface area (Å²) in [6, 6.07) is 16.1. The van der Waals surface area contributed by atoms with Gasteiger partial charge in [-0.3, -0.25) is 0 Å². The Morgan fingerprint density at radius 2 is 1.86 bits per heavy atom. The molecule has 1 saturated heterocycles. The van der Waals surface area contributed by atoms with Crippen LogP contribution in [0.3, 0.4) is 0 Å². The minimum Gasteiger partial charge on any atom is -0.465 e. The minimum atomic E-state index is -0.106. The smallest absolute Gasteiger partial charge is 0.199 e. The van der Waals surface area contributed by atoms with E-state index in [1.54, 1.807) is 0 Å². The summed E-state index contributed by atoms with van der Waals surface area (Å²) < 4.78 is 11.7. The number of halogens is 1. The predicted octanol–water partition coefficient (Wildman–Crippen LogP) is 4.84. The number of ether oxygens (including phenoxy) is 2. The van der Waals surface area contributed by atoms with Gasteiger partial charge in [-0.25, -0.2) is 0 Å². The average Bonchev–Trinajstić information content (AvgIpc) is 2.52. The molecule has 3 rings (SSSR count). The molecule has 110 valence electrons. The molecule has 0 N–H and O–H groups in total. The predicted molar refractivity (Wildman–Crippen MR) is 84.9 cm³/mol. The van der Waals surface area contributed by atoms with Crippen molar-refractivity contribution in [1.29, 1.82) is 0 Å². The van der Waals surface area contributed by atoms with Gasteiger partial charge in [-0.15, -0.1) is 0 Å². The maximum absolute atomic E-state index is 6.03. The van der Waals surface area contributed by atoms with Crippen molar-refractivity contribution in [2.45, 2.75) is 32.0 Å². The number of hydrogen-bond donors (Lipinski definition) is 0. The standard InChI is InChI=1S/C18H19ClO2/c19-16-10-8-14(9-11-16)13-15-5-1-2-6-17(15)21-18-7-3-4-12-20-18/h1-2,5-6,8-11,18H,3-4,7,12-13H2/t18-/m0/s1. The third-order valence-corrected chi connectivity index (χ3v) is 3.93. The molecule has 3 heteroatoms. The van der Waals surface area contributed by atoms with E-state index < -0.39 is 0 Å². The van der Waals surface area contributed by atoms with Gasteiger partial charge in [0.05, 0.1) is 6.61 Å². The molecule has 1 aliphatic rings. The molecule has 0 aliphatic carbocycles. The summed E-state index contributed by atoms with van der Waals surface area (Å²) in [5.74, 6) is 0.916. The fourth-order valence-electron chi connectivity index (χ4n) is 2.53. The lowest BCUT2D eigenvalue weighted by molar-refractivity contribution is -0.106. The summed E-state index contributed by atoms with van der Waals surface area (Å²) in [6.45, 7) is 0.796. The lowest BCUT2D eigenvalue weighted by Gasteiger charge is -2.24. The van der Waals surface area contributed by atoms with E-state index in [1.165, 1.54) is 17.5 Å². The molecule has 0 aromatic heterocycles. The Labute approximate surface area is 130 Å². The maximum Gasteiger partial charge on any atom is 0.199 e. The van der Waals surface area contributed by atoms with Crippen molar-refractivity contribution in [2.24, 2.45) is 0 Å². The molecule has 2 nitrogen and oxygen atoms in total. The minimum absolute atomic E-state index is 0.106. The second kappa shape index (κ2) is 6.97. The van der Waals surface area contributed by atoms with Crippen molar-refractivity contribution in [3.05, 3.63) is 64.7 Å². The highest BCUT2D eigenvalue weighted by Crippen LogP contribution is 2.25. The SMILES string of the molecule is Clc1ccc(Cc2ccccc2O[C@H]2CCCCO2)cc1. The van der Waals surface area contributed by atoms with E-state index in [-0.39, 0.29) is 6.29 Å². The first kappa shape index (κ1) is 14.4. The summed E-state index contributed by atoms with van der Waals surface area (Å²) in [4.78, 5) is 0. The first-order valence-corrected chi connectivity index (χ1v) is 7.80. The summed E-state index contributed by atoms with van der Waals surface area (Å²) in [5, 5.41) is 0.763. The molecule has 0 bridgehead atoms. The molecule has 1 aliphatic heterocycles. The van der Waals surface area contributed by atoms with Crippen LogP contribution >= 0.6 is 11.6 Å². The highest BCUT2D eigenvalue weighted by molar-refractivity contribution is 6.30. The number of hydrogen-bond acceptors (Lipinski definition) is 2. The first-order valence-electron chi connectivity index (χ1n) is 7.42. The Bertz CT molecular complexity index is 574. The highest BCUT2D eigenvalue weighted by atomic mass is 35.5. The van der Waals surface area contributed by atoms with Gasteiger partial charge in [-0.1, -0.05) is 41.9 Å². The third kappa shape index (κ3) is 3.99. The van der Waals surface area contributed by atoms with E-state index in [4.69, 9.17) is 21.1 Å². The molecule has 0 amide bonds. The largest absolute Gasteiger partial charge is 0.465 e. The Hall–Kier alpha value is -1.51. The molecule has 1 atom stereocenters. The zero-order valence-corrected chi connectivity index (χ0v) is 12.7. The second-order valence-electron chi connectivity index (χ2n) is 5.32. The Kier molecular flexibility index (Phi) is 4.79. The van der Waals surface area contributed by atoms with Gasteiger partial charge in [0.2, 0.25) is 0 Å². The lowest BCUT2D eigenvalue weighted by Crippen LogP contribution is -2.25. The van der Waals surface area contributed by atoms with Gasteiger partial charge in [-0.05, 0) is 42.2 Å². The van der Waals surface area contributed by atoms with Crippen LogP contribution in [0.5, 0.6) is 5.75 Å². The van der Waals surface area contributed by atoms with Crippen molar-refractivity contribution in [3.8, 4) is 5.75 Å². The van der Waals surface area contributed by atoms with Gasteiger partial charge in [0, 0.05) is 17.9 Å². The van der Waals surface area contributed by atoms with Crippen LogP contribution < -0.4 is 4.74 Å². The monoisotopic (exact) mass is 302 g/mol. The molecule has 2 aromatic rings. The van der Waals surface area contributed by atoms with E-state index in [2.05, 4.69) is 18.2 Å². The van der Waals surface area contributed by atoms with Crippen LogP contribution in [0, 0.1) is 0 Å². The lowest BCUT2D eigenvalue weighted by atomic mass is 10.0. The van der Waals surface area contributed by atoms with Crippen molar-refractivity contribution in [3.63, 3.8) is 0 Å². The molecule has 2 aromatic carbocycles. The van der Waals surface area contributed by atoms with Gasteiger partial charge < -0.3 is 9.47 Å². The second-order valence-corrected chi connectivity index (χ2v) is 5.76. The highest BCUT2D eigenvalue weighted by Gasteiger charge is 2.16. The van der Waals surface area contributed by atoms with E-state index >= 15 is 0 Å². The first-order chi connectivity index (χ1) is 10.3. The van der Waals surface area contributed by atoms with Gasteiger partial charge in [0.25, 0.3) is 0 Å². The topological polar surface area (TPSA) is 18.5 Å². The van der Waals surface area contributed by atoms with Crippen LogP contribution in [-0.4, -0.2) is 12.9 Å². The molecule has 0 saturated carbocycles. The van der Waals surface area contributed by atoms with Crippen LogP contribution in [-0.2, 0) is 11.2 Å². The number of para-hydroxylation sites is 1. The van der Waals surface area contributed by atoms with Crippen molar-refractivity contribution in [2.75, 3.05) is 6.61 Å². The zero-order chi connectivity index (χ0) is 14.5. The number of benzene rings is 2. The van der Waals surface area contributed by atoms with Crippen LogP contribution in [0.4, 0.5) is 0 Å². The summed E-state index contributed by atoms with van der Waals surface area (Å²) in [7, 11) is 0. The van der Waals surface area contributed by atoms with Crippen LogP contribution in [0.25, 0.3) is 0 Å². The molecule has 0 spiro atoms. The fourth-order valence-corrected chi connectivity index (χ4v) is 2.66. The molecule has 1 fully saturated rings. The van der Waals surface area contributed by atoms with Crippen LogP contribution in [0.2, 0.25) is 5.02 Å². The van der Waals surface area contributed by atoms with Gasteiger partial charge in [-0.2, -0.15) is 0 Å². The van der Waals surface area contributed by atoms with E-state index in [1.807, 2.05) is 30.3 Å². The van der Waals surface area contributed by atoms with Crippen molar-refractivity contribution < 1.29 is 9.47 Å².